The van der Waals surface area contributed by atoms with Gasteiger partial charge in [0.2, 0.25) is 0 Å². The highest BCUT2D eigenvalue weighted by Crippen LogP contribution is 2.50. The van der Waals surface area contributed by atoms with Gasteiger partial charge in [-0.15, -0.1) is 11.3 Å². The number of fused-ring (bicyclic) bond motifs is 10. The Kier molecular flexibility index (Phi) is 9.11. The molecule has 0 unspecified atom stereocenters. The van der Waals surface area contributed by atoms with Gasteiger partial charge in [0.15, 0.2) is 0 Å². The summed E-state index contributed by atoms with van der Waals surface area (Å²) in [6, 6.07) is 90.7. The first-order chi connectivity index (χ1) is 34.2. The summed E-state index contributed by atoms with van der Waals surface area (Å²) in [6.45, 7) is 0. The lowest BCUT2D eigenvalue weighted by molar-refractivity contribution is 0.672. The fourth-order valence-electron chi connectivity index (χ4n) is 10.8. The topological polar surface area (TPSA) is 16.4 Å². The van der Waals surface area contributed by atoms with Crippen LogP contribution >= 0.6 is 11.3 Å². The zero-order valence-corrected chi connectivity index (χ0v) is 38.3. The molecule has 14 aromatic rings. The van der Waals surface area contributed by atoms with Crippen molar-refractivity contribution in [2.24, 2.45) is 0 Å². The zero-order chi connectivity index (χ0) is 45.4. The summed E-state index contributed by atoms with van der Waals surface area (Å²) >= 11 is 1.89. The van der Waals surface area contributed by atoms with Crippen LogP contribution in [0.15, 0.2) is 253 Å². The molecule has 69 heavy (non-hydrogen) atoms. The van der Waals surface area contributed by atoms with Crippen molar-refractivity contribution in [3.63, 3.8) is 0 Å². The largest absolute Gasteiger partial charge is 0.455 e. The van der Waals surface area contributed by atoms with E-state index in [1.54, 1.807) is 0 Å². The van der Waals surface area contributed by atoms with Gasteiger partial charge in [-0.2, -0.15) is 0 Å². The van der Waals surface area contributed by atoms with Gasteiger partial charge in [0.1, 0.15) is 11.2 Å². The van der Waals surface area contributed by atoms with E-state index in [9.17, 15) is 0 Å². The summed E-state index contributed by atoms with van der Waals surface area (Å²) < 4.78 is 9.56. The second-order valence-electron chi connectivity index (χ2n) is 18.0. The Balaban J connectivity index is 1.00. The van der Waals surface area contributed by atoms with Crippen LogP contribution in [0.3, 0.4) is 0 Å². The number of anilines is 3. The third-order valence-electron chi connectivity index (χ3n) is 14.0. The smallest absolute Gasteiger partial charge is 0.143 e. The van der Waals surface area contributed by atoms with Crippen LogP contribution in [-0.2, 0) is 0 Å². The minimum Gasteiger partial charge on any atom is -0.455 e. The predicted molar refractivity (Wildman–Crippen MR) is 296 cm³/mol. The average molecular weight is 896 g/mol. The Bertz CT molecular complexity index is 4180. The second-order valence-corrected chi connectivity index (χ2v) is 19.0. The van der Waals surface area contributed by atoms with Crippen LogP contribution in [0.2, 0.25) is 0 Å². The van der Waals surface area contributed by atoms with Crippen LogP contribution < -0.4 is 4.90 Å². The van der Waals surface area contributed by atoms with Gasteiger partial charge in [0.05, 0.1) is 11.1 Å². The average Bonchev–Trinajstić information content (AvgIpc) is 4.01. The standard InChI is InChI=1S/C66H41NOS/c1-3-16-42(17-4-1)48-36-49(43-18-5-2-6-19-43)38-50(37-48)53-26-14-31-62-63(53)57-28-13-27-56(66(57)69-62)58-41-59-64-60(29-15-30-61(64)68-65(59)55-25-12-11-24-54(55)58)67(51-34-32-44-20-7-9-22-46(44)39-51)52-35-33-45-21-8-10-23-47(45)40-52/h1-41H. The molecule has 2 heterocycles. The van der Waals surface area contributed by atoms with Crippen molar-refractivity contribution in [3.8, 4) is 44.5 Å². The molecule has 0 spiro atoms. The molecule has 0 aliphatic heterocycles. The molecule has 0 atom stereocenters. The molecule has 0 aliphatic rings. The third kappa shape index (κ3) is 6.54. The van der Waals surface area contributed by atoms with E-state index in [1.807, 2.05) is 11.3 Å². The van der Waals surface area contributed by atoms with Crippen molar-refractivity contribution in [1.29, 1.82) is 0 Å². The van der Waals surface area contributed by atoms with Crippen molar-refractivity contribution in [1.82, 2.24) is 0 Å². The molecule has 3 heteroatoms. The molecule has 2 aromatic heterocycles. The molecule has 0 saturated carbocycles. The summed E-state index contributed by atoms with van der Waals surface area (Å²) in [5, 5.41) is 11.8. The summed E-state index contributed by atoms with van der Waals surface area (Å²) in [5.41, 5.74) is 14.7. The lowest BCUT2D eigenvalue weighted by Crippen LogP contribution is -2.10. The maximum absolute atomic E-state index is 7.02. The maximum atomic E-state index is 7.02. The minimum absolute atomic E-state index is 0.855. The Morgan fingerprint density at radius 2 is 0.870 bits per heavy atom. The minimum atomic E-state index is 0.855. The summed E-state index contributed by atoms with van der Waals surface area (Å²) in [4.78, 5) is 2.41. The number of nitrogens with zero attached hydrogens (tertiary/aromatic N) is 1. The Labute approximate surface area is 403 Å². The van der Waals surface area contributed by atoms with E-state index >= 15 is 0 Å². The highest BCUT2D eigenvalue weighted by molar-refractivity contribution is 7.26. The first-order valence-electron chi connectivity index (χ1n) is 23.6. The monoisotopic (exact) mass is 895 g/mol. The quantitative estimate of drug-likeness (QED) is 0.158. The normalized spacial score (nSPS) is 11.8. The van der Waals surface area contributed by atoms with Gasteiger partial charge < -0.3 is 9.32 Å². The molecule has 0 amide bonds. The van der Waals surface area contributed by atoms with E-state index < -0.39 is 0 Å². The SMILES string of the molecule is c1ccc(-c2cc(-c3ccccc3)cc(-c3cccc4sc5c(-c6cc7c(oc8cccc(N(c9ccc%10ccccc%10c9)c9ccc%10ccccc%10c9)c87)c7ccccc67)cccc5c34)c2)cc1. The molecule has 0 N–H and O–H groups in total. The van der Waals surface area contributed by atoms with Gasteiger partial charge >= 0.3 is 0 Å². The fraction of sp³-hybridized carbons (Fsp3) is 0. The maximum Gasteiger partial charge on any atom is 0.143 e. The van der Waals surface area contributed by atoms with E-state index in [0.29, 0.717) is 0 Å². The highest BCUT2D eigenvalue weighted by Gasteiger charge is 2.24. The van der Waals surface area contributed by atoms with Crippen molar-refractivity contribution >= 4 is 103 Å². The number of hydrogen-bond acceptors (Lipinski definition) is 3. The first kappa shape index (κ1) is 39.4. The summed E-state index contributed by atoms with van der Waals surface area (Å²) in [5.74, 6) is 0. The lowest BCUT2D eigenvalue weighted by atomic mass is 9.91. The third-order valence-corrected chi connectivity index (χ3v) is 15.2. The summed E-state index contributed by atoms with van der Waals surface area (Å²) in [6.07, 6.45) is 0. The van der Waals surface area contributed by atoms with Crippen LogP contribution in [0.25, 0.3) is 119 Å². The number of furan rings is 1. The molecule has 0 saturated heterocycles. The van der Waals surface area contributed by atoms with Gasteiger partial charge in [-0.3, -0.25) is 0 Å². The molecule has 0 radical (unpaired) electrons. The second kappa shape index (κ2) is 16.0. The Morgan fingerprint density at radius 1 is 0.319 bits per heavy atom. The molecule has 0 fully saturated rings. The number of rotatable bonds is 7. The molecule has 2 nitrogen and oxygen atoms in total. The van der Waals surface area contributed by atoms with E-state index in [4.69, 9.17) is 4.42 Å². The summed E-state index contributed by atoms with van der Waals surface area (Å²) in [7, 11) is 0. The van der Waals surface area contributed by atoms with Gasteiger partial charge in [-0.25, -0.2) is 0 Å². The molecule has 0 bridgehead atoms. The lowest BCUT2D eigenvalue weighted by Gasteiger charge is -2.27. The van der Waals surface area contributed by atoms with Crippen LogP contribution in [0.4, 0.5) is 17.1 Å². The molecule has 12 aromatic carbocycles. The highest BCUT2D eigenvalue weighted by atomic mass is 32.1. The number of hydrogen-bond donors (Lipinski definition) is 0. The molecular formula is C66H41NOS. The number of thiophene rings is 1. The van der Waals surface area contributed by atoms with Crippen LogP contribution in [0.1, 0.15) is 0 Å². The van der Waals surface area contributed by atoms with E-state index in [2.05, 4.69) is 254 Å². The van der Waals surface area contributed by atoms with Gasteiger partial charge in [0.25, 0.3) is 0 Å². The van der Waals surface area contributed by atoms with Gasteiger partial charge in [0, 0.05) is 47.9 Å². The first-order valence-corrected chi connectivity index (χ1v) is 24.4. The van der Waals surface area contributed by atoms with Crippen LogP contribution in [0.5, 0.6) is 0 Å². The zero-order valence-electron chi connectivity index (χ0n) is 37.4. The molecule has 14 rings (SSSR count). The van der Waals surface area contributed by atoms with Crippen molar-refractivity contribution in [2.75, 3.05) is 4.90 Å². The van der Waals surface area contributed by atoms with Crippen LogP contribution in [0, 0.1) is 0 Å². The predicted octanol–water partition coefficient (Wildman–Crippen LogP) is 19.6. The fourth-order valence-corrected chi connectivity index (χ4v) is 12.0. The van der Waals surface area contributed by atoms with E-state index in [-0.39, 0.29) is 0 Å². The number of benzene rings is 12. The molecular weight excluding hydrogens is 855 g/mol. The van der Waals surface area contributed by atoms with Gasteiger partial charge in [-0.1, -0.05) is 182 Å². The van der Waals surface area contributed by atoms with Crippen molar-refractivity contribution in [3.05, 3.63) is 249 Å². The molecule has 322 valence electrons. The van der Waals surface area contributed by atoms with Gasteiger partial charge in [-0.05, 0) is 133 Å². The Hall–Kier alpha value is -8.76. The molecule has 0 aliphatic carbocycles. The Morgan fingerprint density at radius 3 is 1.55 bits per heavy atom. The van der Waals surface area contributed by atoms with Crippen molar-refractivity contribution in [2.45, 2.75) is 0 Å². The van der Waals surface area contributed by atoms with E-state index in [1.165, 1.54) is 91.6 Å². The van der Waals surface area contributed by atoms with E-state index in [0.717, 1.165) is 44.4 Å². The van der Waals surface area contributed by atoms with Crippen LogP contribution in [-0.4, -0.2) is 0 Å². The van der Waals surface area contributed by atoms with Crippen molar-refractivity contribution < 1.29 is 4.42 Å².